The number of carbonyl (C=O) groups is 1. The molecule has 98 valence electrons. The van der Waals surface area contributed by atoms with E-state index < -0.39 is 11.4 Å². The fourth-order valence-corrected chi connectivity index (χ4v) is 2.30. The second kappa shape index (κ2) is 5.67. The van der Waals surface area contributed by atoms with Crippen molar-refractivity contribution in [1.82, 2.24) is 4.90 Å². The lowest BCUT2D eigenvalue weighted by Gasteiger charge is -2.38. The molecule has 1 fully saturated rings. The zero-order chi connectivity index (χ0) is 13.1. The predicted octanol–water partition coefficient (Wildman–Crippen LogP) is 2.78. The van der Waals surface area contributed by atoms with Crippen molar-refractivity contribution < 1.29 is 9.90 Å². The SMILES string of the molecule is CC(C)=CCN1CCCC(C(C)(C)C(=O)O)C1. The molecule has 0 amide bonds. The summed E-state index contributed by atoms with van der Waals surface area (Å²) >= 11 is 0. The molecule has 0 spiro atoms. The Labute approximate surface area is 105 Å². The maximum atomic E-state index is 11.3. The van der Waals surface area contributed by atoms with Crippen LogP contribution in [-0.4, -0.2) is 35.6 Å². The smallest absolute Gasteiger partial charge is 0.309 e. The molecule has 1 aliphatic rings. The average molecular weight is 239 g/mol. The van der Waals surface area contributed by atoms with Gasteiger partial charge in [0, 0.05) is 13.1 Å². The summed E-state index contributed by atoms with van der Waals surface area (Å²) in [5, 5.41) is 9.27. The van der Waals surface area contributed by atoms with Crippen LogP contribution in [0.15, 0.2) is 11.6 Å². The van der Waals surface area contributed by atoms with Gasteiger partial charge in [-0.2, -0.15) is 0 Å². The van der Waals surface area contributed by atoms with E-state index in [1.165, 1.54) is 5.57 Å². The topological polar surface area (TPSA) is 40.5 Å². The number of carboxylic acids is 1. The number of rotatable bonds is 4. The van der Waals surface area contributed by atoms with Crippen molar-refractivity contribution in [3.05, 3.63) is 11.6 Å². The van der Waals surface area contributed by atoms with Crippen LogP contribution in [-0.2, 0) is 4.79 Å². The fourth-order valence-electron chi connectivity index (χ4n) is 2.30. The molecule has 1 saturated heterocycles. The highest BCUT2D eigenvalue weighted by Crippen LogP contribution is 2.34. The lowest BCUT2D eigenvalue weighted by molar-refractivity contribution is -0.151. The Morgan fingerprint density at radius 2 is 2.12 bits per heavy atom. The van der Waals surface area contributed by atoms with Gasteiger partial charge in [-0.1, -0.05) is 11.6 Å². The summed E-state index contributed by atoms with van der Waals surface area (Å²) in [6.07, 6.45) is 4.36. The molecule has 1 unspecified atom stereocenters. The van der Waals surface area contributed by atoms with Crippen molar-refractivity contribution in [2.24, 2.45) is 11.3 Å². The normalized spacial score (nSPS) is 22.2. The van der Waals surface area contributed by atoms with E-state index >= 15 is 0 Å². The van der Waals surface area contributed by atoms with Gasteiger partial charge >= 0.3 is 5.97 Å². The van der Waals surface area contributed by atoms with Gasteiger partial charge in [0.25, 0.3) is 0 Å². The first-order chi connectivity index (χ1) is 7.84. The Balaban J connectivity index is 2.60. The average Bonchev–Trinajstić information content (AvgIpc) is 2.26. The van der Waals surface area contributed by atoms with E-state index in [0.717, 1.165) is 32.5 Å². The van der Waals surface area contributed by atoms with E-state index in [0.29, 0.717) is 0 Å². The summed E-state index contributed by atoms with van der Waals surface area (Å²) in [7, 11) is 0. The van der Waals surface area contributed by atoms with Gasteiger partial charge in [-0.3, -0.25) is 9.69 Å². The third kappa shape index (κ3) is 3.84. The number of hydrogen-bond acceptors (Lipinski definition) is 2. The van der Waals surface area contributed by atoms with Crippen molar-refractivity contribution in [3.63, 3.8) is 0 Å². The molecule has 1 heterocycles. The lowest BCUT2D eigenvalue weighted by atomic mass is 9.74. The van der Waals surface area contributed by atoms with Gasteiger partial charge in [0.2, 0.25) is 0 Å². The molecule has 1 rings (SSSR count). The first-order valence-corrected chi connectivity index (χ1v) is 6.43. The van der Waals surface area contributed by atoms with Crippen molar-refractivity contribution in [2.75, 3.05) is 19.6 Å². The monoisotopic (exact) mass is 239 g/mol. The van der Waals surface area contributed by atoms with Gasteiger partial charge in [-0.15, -0.1) is 0 Å². The quantitative estimate of drug-likeness (QED) is 0.767. The molecular formula is C14H25NO2. The molecular weight excluding hydrogens is 214 g/mol. The molecule has 0 aromatic heterocycles. The van der Waals surface area contributed by atoms with Gasteiger partial charge in [0.05, 0.1) is 5.41 Å². The van der Waals surface area contributed by atoms with Crippen LogP contribution in [0.5, 0.6) is 0 Å². The Morgan fingerprint density at radius 3 is 2.65 bits per heavy atom. The van der Waals surface area contributed by atoms with Crippen molar-refractivity contribution in [2.45, 2.75) is 40.5 Å². The zero-order valence-electron chi connectivity index (χ0n) is 11.5. The number of carboxylic acid groups (broad SMARTS) is 1. The molecule has 1 aliphatic heterocycles. The summed E-state index contributed by atoms with van der Waals surface area (Å²) in [5.74, 6) is -0.411. The fraction of sp³-hybridized carbons (Fsp3) is 0.786. The van der Waals surface area contributed by atoms with E-state index in [1.807, 2.05) is 13.8 Å². The molecule has 0 saturated carbocycles. The third-order valence-corrected chi connectivity index (χ3v) is 3.84. The van der Waals surface area contributed by atoms with Crippen molar-refractivity contribution in [1.29, 1.82) is 0 Å². The minimum atomic E-state index is -0.674. The van der Waals surface area contributed by atoms with Crippen molar-refractivity contribution in [3.8, 4) is 0 Å². The standard InChI is InChI=1S/C14H25NO2/c1-11(2)7-9-15-8-5-6-12(10-15)14(3,4)13(16)17/h7,12H,5-6,8-10H2,1-4H3,(H,16,17). The van der Waals surface area contributed by atoms with E-state index in [-0.39, 0.29) is 5.92 Å². The first-order valence-electron chi connectivity index (χ1n) is 6.43. The summed E-state index contributed by atoms with van der Waals surface area (Å²) < 4.78 is 0. The molecule has 0 aromatic rings. The van der Waals surface area contributed by atoms with Crippen molar-refractivity contribution >= 4 is 5.97 Å². The highest BCUT2D eigenvalue weighted by atomic mass is 16.4. The number of piperidine rings is 1. The van der Waals surface area contributed by atoms with Crippen LogP contribution in [0.25, 0.3) is 0 Å². The molecule has 1 atom stereocenters. The maximum Gasteiger partial charge on any atom is 0.309 e. The van der Waals surface area contributed by atoms with Crippen LogP contribution in [0.3, 0.4) is 0 Å². The van der Waals surface area contributed by atoms with E-state index in [1.54, 1.807) is 0 Å². The van der Waals surface area contributed by atoms with Crippen LogP contribution >= 0.6 is 0 Å². The second-order valence-electron chi connectivity index (χ2n) is 5.91. The Hall–Kier alpha value is -0.830. The number of allylic oxidation sites excluding steroid dienone is 1. The van der Waals surface area contributed by atoms with Crippen LogP contribution in [0, 0.1) is 11.3 Å². The van der Waals surface area contributed by atoms with Gasteiger partial charge in [-0.25, -0.2) is 0 Å². The Bertz CT molecular complexity index is 303. The molecule has 3 nitrogen and oxygen atoms in total. The second-order valence-corrected chi connectivity index (χ2v) is 5.91. The zero-order valence-corrected chi connectivity index (χ0v) is 11.5. The largest absolute Gasteiger partial charge is 0.481 e. The summed E-state index contributed by atoms with van der Waals surface area (Å²) in [4.78, 5) is 13.6. The van der Waals surface area contributed by atoms with Crippen LogP contribution in [0.1, 0.15) is 40.5 Å². The Morgan fingerprint density at radius 1 is 1.47 bits per heavy atom. The predicted molar refractivity (Wildman–Crippen MR) is 70.0 cm³/mol. The molecule has 0 aliphatic carbocycles. The molecule has 3 heteroatoms. The third-order valence-electron chi connectivity index (χ3n) is 3.84. The van der Waals surface area contributed by atoms with Gasteiger partial charge in [0.15, 0.2) is 0 Å². The minimum Gasteiger partial charge on any atom is -0.481 e. The van der Waals surface area contributed by atoms with E-state index in [2.05, 4.69) is 24.8 Å². The molecule has 0 radical (unpaired) electrons. The maximum absolute atomic E-state index is 11.3. The molecule has 1 N–H and O–H groups in total. The van der Waals surface area contributed by atoms with Gasteiger partial charge in [-0.05, 0) is 53.0 Å². The van der Waals surface area contributed by atoms with E-state index in [4.69, 9.17) is 0 Å². The number of hydrogen-bond donors (Lipinski definition) is 1. The van der Waals surface area contributed by atoms with Gasteiger partial charge in [0.1, 0.15) is 0 Å². The van der Waals surface area contributed by atoms with Crippen LogP contribution < -0.4 is 0 Å². The summed E-state index contributed by atoms with van der Waals surface area (Å²) in [5.41, 5.74) is 0.716. The molecule has 0 aromatic carbocycles. The lowest BCUT2D eigenvalue weighted by Crippen LogP contribution is -2.44. The molecule has 17 heavy (non-hydrogen) atoms. The Kier molecular flexibility index (Phi) is 4.75. The minimum absolute atomic E-state index is 0.263. The number of aliphatic carboxylic acids is 1. The van der Waals surface area contributed by atoms with E-state index in [9.17, 15) is 9.90 Å². The van der Waals surface area contributed by atoms with Gasteiger partial charge < -0.3 is 5.11 Å². The van der Waals surface area contributed by atoms with Crippen LogP contribution in [0.4, 0.5) is 0 Å². The highest BCUT2D eigenvalue weighted by Gasteiger charge is 2.38. The number of likely N-dealkylation sites (tertiary alicyclic amines) is 1. The van der Waals surface area contributed by atoms with Crippen LogP contribution in [0.2, 0.25) is 0 Å². The highest BCUT2D eigenvalue weighted by molar-refractivity contribution is 5.74. The summed E-state index contributed by atoms with van der Waals surface area (Å²) in [6.45, 7) is 10.9. The first kappa shape index (κ1) is 14.2. The number of nitrogens with zero attached hydrogens (tertiary/aromatic N) is 1. The molecule has 0 bridgehead atoms. The summed E-state index contributed by atoms with van der Waals surface area (Å²) in [6, 6.07) is 0.